The van der Waals surface area contributed by atoms with Crippen molar-refractivity contribution in [1.29, 1.82) is 0 Å². The molecular weight excluding hydrogens is 602 g/mol. The Bertz CT molecular complexity index is 1400. The lowest BCUT2D eigenvalue weighted by Gasteiger charge is -2.63. The Balaban J connectivity index is 1.67. The molecule has 5 rings (SSSR count). The number of ketones is 1. The van der Waals surface area contributed by atoms with Crippen molar-refractivity contribution in [3.63, 3.8) is 0 Å². The second-order valence-corrected chi connectivity index (χ2v) is 14.2. The quantitative estimate of drug-likeness (QED) is 0.203. The minimum atomic E-state index is -1.98. The molecule has 4 N–H and O–H groups in total. The highest BCUT2D eigenvalue weighted by Crippen LogP contribution is 2.71. The van der Waals surface area contributed by atoms with Crippen LogP contribution in [0.5, 0.6) is 0 Å². The topological polar surface area (TPSA) is 198 Å². The van der Waals surface area contributed by atoms with Crippen molar-refractivity contribution in [2.24, 2.45) is 40.2 Å². The number of ether oxygens (including phenoxy) is 5. The first kappa shape index (κ1) is 34.2. The zero-order chi connectivity index (χ0) is 34.1. The number of aliphatic hydroxyl groups excluding tert-OH is 2. The highest BCUT2D eigenvalue weighted by Gasteiger charge is 2.81. The van der Waals surface area contributed by atoms with Gasteiger partial charge in [0.2, 0.25) is 6.10 Å². The van der Waals surface area contributed by atoms with Gasteiger partial charge in [-0.1, -0.05) is 32.8 Å². The Labute approximate surface area is 267 Å². The molecular formula is C33H45NO12. The maximum absolute atomic E-state index is 13.9. The minimum Gasteiger partial charge on any atom is -0.467 e. The van der Waals surface area contributed by atoms with E-state index >= 15 is 0 Å². The van der Waals surface area contributed by atoms with Crippen molar-refractivity contribution in [2.75, 3.05) is 13.7 Å². The standard InChI is InChI=1S/C33H45NO12/c1-8-15(4)22(34)28(39)46-24-16(5)17-10-20-32-13-43-33(30(41)42-7,12-18(35)23(38)26(32)31(17,6)11-19(24)36)27(32)25(29(40)44-20)45-21(37)9-14(2)3/h9,15,17-18,20,22-23,25-27,35,38H,8,10-13,34H2,1-7H3/t15-,17-,18+,20+,22-,23-,25+,26?,27+,31-,32+,33+/m0/s1. The number of hydrogen-bond acceptors (Lipinski definition) is 13. The molecule has 2 saturated carbocycles. The van der Waals surface area contributed by atoms with Crippen LogP contribution in [0.15, 0.2) is 23.0 Å². The van der Waals surface area contributed by atoms with E-state index in [1.165, 1.54) is 6.08 Å². The van der Waals surface area contributed by atoms with Crippen LogP contribution >= 0.6 is 0 Å². The van der Waals surface area contributed by atoms with Gasteiger partial charge in [0.15, 0.2) is 17.1 Å². The number of rotatable bonds is 7. The van der Waals surface area contributed by atoms with Crippen LogP contribution in [0.4, 0.5) is 0 Å². The van der Waals surface area contributed by atoms with Crippen LogP contribution < -0.4 is 5.73 Å². The number of aliphatic hydroxyl groups is 2. The molecule has 2 heterocycles. The number of hydrogen-bond donors (Lipinski definition) is 3. The van der Waals surface area contributed by atoms with Crippen molar-refractivity contribution in [3.05, 3.63) is 23.0 Å². The maximum Gasteiger partial charge on any atom is 0.348 e. The first-order valence-electron chi connectivity index (χ1n) is 15.9. The molecule has 46 heavy (non-hydrogen) atoms. The molecule has 0 aromatic heterocycles. The summed E-state index contributed by atoms with van der Waals surface area (Å²) in [6, 6.07) is -0.951. The number of esters is 4. The fourth-order valence-corrected chi connectivity index (χ4v) is 9.21. The normalized spacial score (nSPS) is 40.8. The number of methoxy groups -OCH3 is 1. The van der Waals surface area contributed by atoms with E-state index in [1.807, 2.05) is 13.8 Å². The highest BCUT2D eigenvalue weighted by molar-refractivity contribution is 5.98. The molecule has 0 radical (unpaired) electrons. The molecule has 13 heteroatoms. The summed E-state index contributed by atoms with van der Waals surface area (Å²) in [6.07, 6.45) is -4.43. The van der Waals surface area contributed by atoms with Gasteiger partial charge in [0.25, 0.3) is 0 Å². The predicted molar refractivity (Wildman–Crippen MR) is 158 cm³/mol. The molecule has 0 aromatic rings. The van der Waals surface area contributed by atoms with E-state index in [9.17, 15) is 34.2 Å². The molecule has 2 saturated heterocycles. The maximum atomic E-state index is 13.9. The molecule has 3 aliphatic carbocycles. The molecule has 1 spiro atoms. The second kappa shape index (κ2) is 11.8. The van der Waals surface area contributed by atoms with E-state index in [0.717, 1.165) is 7.11 Å². The summed E-state index contributed by atoms with van der Waals surface area (Å²) < 4.78 is 28.8. The first-order valence-corrected chi connectivity index (χ1v) is 15.9. The summed E-state index contributed by atoms with van der Waals surface area (Å²) in [4.78, 5) is 67.1. The molecule has 254 valence electrons. The zero-order valence-electron chi connectivity index (χ0n) is 27.4. The lowest BCUT2D eigenvalue weighted by molar-refractivity contribution is -0.251. The molecule has 1 unspecified atom stereocenters. The van der Waals surface area contributed by atoms with Crippen LogP contribution in [0.25, 0.3) is 0 Å². The smallest absolute Gasteiger partial charge is 0.348 e. The average Bonchev–Trinajstić information content (AvgIpc) is 3.28. The van der Waals surface area contributed by atoms with Gasteiger partial charge in [0.05, 0.1) is 31.8 Å². The summed E-state index contributed by atoms with van der Waals surface area (Å²) in [7, 11) is 1.14. The fourth-order valence-electron chi connectivity index (χ4n) is 9.21. The Hall–Kier alpha value is -3.13. The zero-order valence-corrected chi connectivity index (χ0v) is 27.4. The Morgan fingerprint density at radius 3 is 2.46 bits per heavy atom. The third-order valence-corrected chi connectivity index (χ3v) is 11.4. The Morgan fingerprint density at radius 1 is 1.17 bits per heavy atom. The van der Waals surface area contributed by atoms with Crippen molar-refractivity contribution < 1.29 is 57.9 Å². The Morgan fingerprint density at radius 2 is 1.85 bits per heavy atom. The fraction of sp³-hybridized carbons (Fsp3) is 0.727. The molecule has 5 aliphatic rings. The van der Waals surface area contributed by atoms with Crippen LogP contribution in [-0.4, -0.2) is 89.6 Å². The van der Waals surface area contributed by atoms with E-state index in [4.69, 9.17) is 29.4 Å². The number of carbonyl (C=O) groups excluding carboxylic acids is 5. The summed E-state index contributed by atoms with van der Waals surface area (Å²) in [5.41, 5.74) is 2.67. The third kappa shape index (κ3) is 4.84. The molecule has 0 amide bonds. The van der Waals surface area contributed by atoms with E-state index in [-0.39, 0.29) is 31.1 Å². The SMILES string of the molecule is CC[C@H](C)[C@H](N)C(=O)OC1=C(C)[C@@H]2C[C@H]3OC(=O)[C@H](OC(=O)C=C(C)C)[C@@H]4[C@]35CO[C@]4(C(=O)OC)C[C@@H](O)[C@H](O)C5[C@@]2(C)CC1=O. The summed E-state index contributed by atoms with van der Waals surface area (Å²) in [5, 5.41) is 23.4. The monoisotopic (exact) mass is 647 g/mol. The molecule has 13 nitrogen and oxygen atoms in total. The van der Waals surface area contributed by atoms with Crippen LogP contribution in [0, 0.1) is 34.5 Å². The van der Waals surface area contributed by atoms with Gasteiger partial charge < -0.3 is 39.6 Å². The molecule has 2 aliphatic heterocycles. The highest BCUT2D eigenvalue weighted by atomic mass is 16.6. The van der Waals surface area contributed by atoms with Gasteiger partial charge in [-0.05, 0) is 50.0 Å². The number of allylic oxidation sites excluding steroid dienone is 3. The van der Waals surface area contributed by atoms with Gasteiger partial charge in [-0.15, -0.1) is 0 Å². The van der Waals surface area contributed by atoms with Gasteiger partial charge in [-0.2, -0.15) is 0 Å². The lowest BCUT2D eigenvalue weighted by atomic mass is 9.42. The van der Waals surface area contributed by atoms with Crippen molar-refractivity contribution in [3.8, 4) is 0 Å². The number of carbonyl (C=O) groups is 5. The molecule has 2 bridgehead atoms. The van der Waals surface area contributed by atoms with E-state index in [1.54, 1.807) is 27.7 Å². The van der Waals surface area contributed by atoms with Gasteiger partial charge in [-0.25, -0.2) is 19.2 Å². The second-order valence-electron chi connectivity index (χ2n) is 14.2. The molecule has 0 aromatic carbocycles. The van der Waals surface area contributed by atoms with Crippen LogP contribution in [-0.2, 0) is 47.7 Å². The van der Waals surface area contributed by atoms with Crippen LogP contribution in [0.2, 0.25) is 0 Å². The first-order chi connectivity index (χ1) is 21.5. The van der Waals surface area contributed by atoms with Gasteiger partial charge in [0, 0.05) is 30.3 Å². The van der Waals surface area contributed by atoms with Crippen LogP contribution in [0.3, 0.4) is 0 Å². The van der Waals surface area contributed by atoms with Gasteiger partial charge >= 0.3 is 23.9 Å². The molecule has 12 atom stereocenters. The summed E-state index contributed by atoms with van der Waals surface area (Å²) >= 11 is 0. The number of Topliss-reactive ketones (excluding diaryl/α,β-unsaturated/α-hetero) is 1. The van der Waals surface area contributed by atoms with Gasteiger partial charge in [-0.3, -0.25) is 4.79 Å². The van der Waals surface area contributed by atoms with Crippen molar-refractivity contribution in [2.45, 2.75) is 103 Å². The van der Waals surface area contributed by atoms with E-state index < -0.39 is 101 Å². The lowest BCUT2D eigenvalue weighted by Crippen LogP contribution is -2.71. The van der Waals surface area contributed by atoms with Gasteiger partial charge in [0.1, 0.15) is 12.1 Å². The van der Waals surface area contributed by atoms with Crippen LogP contribution in [0.1, 0.15) is 67.2 Å². The average molecular weight is 648 g/mol. The van der Waals surface area contributed by atoms with E-state index in [0.29, 0.717) is 17.6 Å². The minimum absolute atomic E-state index is 0.116. The largest absolute Gasteiger partial charge is 0.467 e. The van der Waals surface area contributed by atoms with Crippen molar-refractivity contribution in [1.82, 2.24) is 0 Å². The predicted octanol–water partition coefficient (Wildman–Crippen LogP) is 1.27. The number of fused-ring (bicyclic) bond motifs is 2. The summed E-state index contributed by atoms with van der Waals surface area (Å²) in [5.74, 6) is -7.00. The molecule has 4 fully saturated rings. The third-order valence-electron chi connectivity index (χ3n) is 11.4. The van der Waals surface area contributed by atoms with E-state index in [2.05, 4.69) is 0 Å². The number of nitrogens with two attached hydrogens (primary N) is 1. The Kier molecular flexibility index (Phi) is 8.80. The summed E-state index contributed by atoms with van der Waals surface area (Å²) in [6.45, 7) is 10.3. The van der Waals surface area contributed by atoms with Crippen molar-refractivity contribution >= 4 is 29.7 Å².